The van der Waals surface area contributed by atoms with Crippen molar-refractivity contribution in [2.75, 3.05) is 13.2 Å². The zero-order valence-corrected chi connectivity index (χ0v) is 20.4. The van der Waals surface area contributed by atoms with Gasteiger partial charge in [-0.2, -0.15) is 0 Å². The third kappa shape index (κ3) is 9.28. The number of esters is 2. The van der Waals surface area contributed by atoms with Crippen molar-refractivity contribution in [1.29, 1.82) is 0 Å². The van der Waals surface area contributed by atoms with Crippen molar-refractivity contribution in [2.45, 2.75) is 51.9 Å². The van der Waals surface area contributed by atoms with E-state index in [4.69, 9.17) is 14.2 Å². The molecule has 35 heavy (non-hydrogen) atoms. The van der Waals surface area contributed by atoms with Gasteiger partial charge in [-0.15, -0.1) is 0 Å². The number of hydrogen-bond acceptors (Lipinski definition) is 5. The molecule has 5 heteroatoms. The predicted molar refractivity (Wildman–Crippen MR) is 137 cm³/mol. The van der Waals surface area contributed by atoms with Crippen molar-refractivity contribution in [3.05, 3.63) is 95.6 Å². The van der Waals surface area contributed by atoms with Gasteiger partial charge < -0.3 is 14.2 Å². The second-order valence-corrected chi connectivity index (χ2v) is 8.43. The zero-order chi connectivity index (χ0) is 24.7. The lowest BCUT2D eigenvalue weighted by molar-refractivity contribution is 0.0500. The molecular weight excluding hydrogens is 440 g/mol. The average Bonchev–Trinajstić information content (AvgIpc) is 2.90. The summed E-state index contributed by atoms with van der Waals surface area (Å²) in [6.45, 7) is 3.22. The molecule has 0 N–H and O–H groups in total. The maximum atomic E-state index is 12.4. The van der Waals surface area contributed by atoms with Crippen LogP contribution in [-0.2, 0) is 11.2 Å². The van der Waals surface area contributed by atoms with Gasteiger partial charge in [-0.3, -0.25) is 0 Å². The van der Waals surface area contributed by atoms with E-state index < -0.39 is 11.9 Å². The van der Waals surface area contributed by atoms with E-state index in [0.717, 1.165) is 25.0 Å². The first-order valence-electron chi connectivity index (χ1n) is 12.4. The Morgan fingerprint density at radius 2 is 1.26 bits per heavy atom. The van der Waals surface area contributed by atoms with Crippen molar-refractivity contribution >= 4 is 11.9 Å². The molecule has 0 unspecified atom stereocenters. The first-order chi connectivity index (χ1) is 17.2. The molecular formula is C30H34O5. The zero-order valence-electron chi connectivity index (χ0n) is 20.4. The molecule has 184 valence electrons. The normalized spacial score (nSPS) is 10.5. The summed E-state index contributed by atoms with van der Waals surface area (Å²) < 4.78 is 16.5. The minimum absolute atomic E-state index is 0.350. The predicted octanol–water partition coefficient (Wildman–Crippen LogP) is 7.04. The highest BCUT2D eigenvalue weighted by molar-refractivity contribution is 5.92. The SMILES string of the molecule is CCCCCCCOc1ccc(C(=O)Oc2ccc(C(=O)OCCCc3ccccc3)cc2)cc1. The van der Waals surface area contributed by atoms with E-state index in [2.05, 4.69) is 19.1 Å². The Kier molecular flexibility index (Phi) is 10.9. The molecule has 0 bridgehead atoms. The first kappa shape index (κ1) is 26.0. The minimum Gasteiger partial charge on any atom is -0.494 e. The van der Waals surface area contributed by atoms with Gasteiger partial charge >= 0.3 is 11.9 Å². The van der Waals surface area contributed by atoms with Crippen molar-refractivity contribution < 1.29 is 23.8 Å². The first-order valence-corrected chi connectivity index (χ1v) is 12.4. The number of carbonyl (C=O) groups is 2. The molecule has 0 saturated carbocycles. The highest BCUT2D eigenvalue weighted by Crippen LogP contribution is 2.18. The van der Waals surface area contributed by atoms with Crippen LogP contribution in [0.2, 0.25) is 0 Å². The van der Waals surface area contributed by atoms with Gasteiger partial charge in [-0.1, -0.05) is 62.9 Å². The smallest absolute Gasteiger partial charge is 0.343 e. The van der Waals surface area contributed by atoms with E-state index in [1.807, 2.05) is 18.2 Å². The summed E-state index contributed by atoms with van der Waals surface area (Å²) in [4.78, 5) is 24.7. The molecule has 0 fully saturated rings. The Morgan fingerprint density at radius 1 is 0.629 bits per heavy atom. The Bertz CT molecular complexity index is 1030. The Morgan fingerprint density at radius 3 is 1.94 bits per heavy atom. The molecule has 0 amide bonds. The van der Waals surface area contributed by atoms with Gasteiger partial charge in [0.25, 0.3) is 0 Å². The van der Waals surface area contributed by atoms with Crippen molar-refractivity contribution in [3.8, 4) is 11.5 Å². The molecule has 0 spiro atoms. The summed E-state index contributed by atoms with van der Waals surface area (Å²) in [5.74, 6) is 0.246. The number of hydrogen-bond donors (Lipinski definition) is 0. The highest BCUT2D eigenvalue weighted by Gasteiger charge is 2.11. The highest BCUT2D eigenvalue weighted by atomic mass is 16.5. The summed E-state index contributed by atoms with van der Waals surface area (Å²) in [6.07, 6.45) is 7.54. The molecule has 3 aromatic rings. The van der Waals surface area contributed by atoms with Crippen LogP contribution in [0.4, 0.5) is 0 Å². The van der Waals surface area contributed by atoms with Crippen molar-refractivity contribution in [3.63, 3.8) is 0 Å². The van der Waals surface area contributed by atoms with Crippen molar-refractivity contribution in [1.82, 2.24) is 0 Å². The van der Waals surface area contributed by atoms with Crippen LogP contribution < -0.4 is 9.47 Å². The van der Waals surface area contributed by atoms with E-state index in [9.17, 15) is 9.59 Å². The van der Waals surface area contributed by atoms with Crippen LogP contribution in [0.15, 0.2) is 78.9 Å². The number of carbonyl (C=O) groups excluding carboxylic acids is 2. The fourth-order valence-electron chi connectivity index (χ4n) is 3.58. The van der Waals surface area contributed by atoms with Crippen LogP contribution in [0.5, 0.6) is 11.5 Å². The summed E-state index contributed by atoms with van der Waals surface area (Å²) in [5.41, 5.74) is 2.07. The Hall–Kier alpha value is -3.60. The third-order valence-electron chi connectivity index (χ3n) is 5.59. The van der Waals surface area contributed by atoms with E-state index >= 15 is 0 Å². The monoisotopic (exact) mass is 474 g/mol. The maximum Gasteiger partial charge on any atom is 0.343 e. The number of ether oxygens (including phenoxy) is 3. The van der Waals surface area contributed by atoms with E-state index in [0.29, 0.717) is 30.1 Å². The lowest BCUT2D eigenvalue weighted by atomic mass is 10.1. The fraction of sp³-hybridized carbons (Fsp3) is 0.333. The molecule has 0 radical (unpaired) electrons. The fourth-order valence-corrected chi connectivity index (χ4v) is 3.58. The lowest BCUT2D eigenvalue weighted by Gasteiger charge is -2.08. The van der Waals surface area contributed by atoms with Crippen LogP contribution >= 0.6 is 0 Å². The summed E-state index contributed by atoms with van der Waals surface area (Å²) in [5, 5.41) is 0. The molecule has 0 heterocycles. The van der Waals surface area contributed by atoms with Crippen LogP contribution in [0.3, 0.4) is 0 Å². The molecule has 0 saturated heterocycles. The number of benzene rings is 3. The summed E-state index contributed by atoms with van der Waals surface area (Å²) in [7, 11) is 0. The molecule has 0 atom stereocenters. The molecule has 5 nitrogen and oxygen atoms in total. The second kappa shape index (κ2) is 14.6. The largest absolute Gasteiger partial charge is 0.494 e. The van der Waals surface area contributed by atoms with Crippen LogP contribution in [0, 0.1) is 0 Å². The molecule has 0 aromatic heterocycles. The second-order valence-electron chi connectivity index (χ2n) is 8.43. The van der Waals surface area contributed by atoms with Gasteiger partial charge in [-0.05, 0) is 73.4 Å². The third-order valence-corrected chi connectivity index (χ3v) is 5.59. The maximum absolute atomic E-state index is 12.4. The summed E-state index contributed by atoms with van der Waals surface area (Å²) in [6, 6.07) is 23.4. The van der Waals surface area contributed by atoms with Gasteiger partial charge in [0, 0.05) is 0 Å². The minimum atomic E-state index is -0.465. The molecule has 3 rings (SSSR count). The van der Waals surface area contributed by atoms with E-state index in [-0.39, 0.29) is 0 Å². The van der Waals surface area contributed by atoms with Crippen LogP contribution in [-0.4, -0.2) is 25.2 Å². The van der Waals surface area contributed by atoms with Crippen LogP contribution in [0.25, 0.3) is 0 Å². The quantitative estimate of drug-likeness (QED) is 0.142. The molecule has 0 aliphatic rings. The molecule has 0 aliphatic heterocycles. The van der Waals surface area contributed by atoms with Gasteiger partial charge in [0.05, 0.1) is 24.3 Å². The van der Waals surface area contributed by atoms with Crippen molar-refractivity contribution in [2.24, 2.45) is 0 Å². The number of aryl methyl sites for hydroxylation is 1. The summed E-state index contributed by atoms with van der Waals surface area (Å²) >= 11 is 0. The number of rotatable bonds is 14. The Labute approximate surface area is 208 Å². The molecule has 3 aromatic carbocycles. The van der Waals surface area contributed by atoms with Gasteiger partial charge in [-0.25, -0.2) is 9.59 Å². The topological polar surface area (TPSA) is 61.8 Å². The van der Waals surface area contributed by atoms with Gasteiger partial charge in [0.15, 0.2) is 0 Å². The molecule has 0 aliphatic carbocycles. The standard InChI is InChI=1S/C30H34O5/c1-2-3-4-5-9-22-33-27-18-14-26(15-19-27)30(32)35-28-20-16-25(17-21-28)29(31)34-23-10-13-24-11-7-6-8-12-24/h6-8,11-12,14-21H,2-5,9-10,13,22-23H2,1H3. The van der Waals surface area contributed by atoms with E-state index in [1.165, 1.54) is 31.2 Å². The lowest BCUT2D eigenvalue weighted by Crippen LogP contribution is -2.09. The van der Waals surface area contributed by atoms with Gasteiger partial charge in [0.2, 0.25) is 0 Å². The van der Waals surface area contributed by atoms with Gasteiger partial charge in [0.1, 0.15) is 11.5 Å². The van der Waals surface area contributed by atoms with E-state index in [1.54, 1.807) is 48.5 Å². The average molecular weight is 475 g/mol. The van der Waals surface area contributed by atoms with Crippen LogP contribution in [0.1, 0.15) is 71.7 Å². The number of unbranched alkanes of at least 4 members (excludes halogenated alkanes) is 4. The Balaban J connectivity index is 1.39.